The first-order chi connectivity index (χ1) is 10.2. The fourth-order valence-electron chi connectivity index (χ4n) is 2.14. The first-order valence-electron chi connectivity index (χ1n) is 6.08. The van der Waals surface area contributed by atoms with E-state index in [1.807, 2.05) is 48.5 Å². The molecule has 0 N–H and O–H groups in total. The zero-order valence-corrected chi connectivity index (χ0v) is 13.2. The zero-order chi connectivity index (χ0) is 14.8. The lowest BCUT2D eigenvalue weighted by atomic mass is 10.2. The van der Waals surface area contributed by atoms with Crippen molar-refractivity contribution in [2.75, 3.05) is 10.7 Å². The SMILES string of the molecule is O=C(CSS(=O)[O-])N1c2ccccc2Sc2ccccc21. The van der Waals surface area contributed by atoms with Crippen molar-refractivity contribution in [3.05, 3.63) is 48.5 Å². The summed E-state index contributed by atoms with van der Waals surface area (Å²) in [6.45, 7) is 0. The molecule has 0 aliphatic carbocycles. The maximum absolute atomic E-state index is 12.5. The monoisotopic (exact) mass is 336 g/mol. The number of fused-ring (bicyclic) bond motifs is 2. The highest BCUT2D eigenvalue weighted by Gasteiger charge is 2.27. The van der Waals surface area contributed by atoms with Crippen LogP contribution in [0.2, 0.25) is 0 Å². The largest absolute Gasteiger partial charge is 0.764 e. The molecule has 3 rings (SSSR count). The van der Waals surface area contributed by atoms with E-state index in [0.717, 1.165) is 21.2 Å². The van der Waals surface area contributed by atoms with Crippen molar-refractivity contribution in [1.29, 1.82) is 0 Å². The van der Waals surface area contributed by atoms with Crippen LogP contribution in [-0.4, -0.2) is 20.4 Å². The average Bonchev–Trinajstić information content (AvgIpc) is 2.50. The van der Waals surface area contributed by atoms with Gasteiger partial charge >= 0.3 is 0 Å². The number of hydrogen-bond donors (Lipinski definition) is 0. The molecule has 1 aliphatic rings. The normalized spacial score (nSPS) is 14.2. The quantitative estimate of drug-likeness (QED) is 0.635. The number of hydrogen-bond acceptors (Lipinski definition) is 5. The Balaban J connectivity index is 2.02. The van der Waals surface area contributed by atoms with Crippen molar-refractivity contribution in [2.45, 2.75) is 9.79 Å². The Morgan fingerprint density at radius 3 is 2.14 bits per heavy atom. The van der Waals surface area contributed by atoms with Crippen LogP contribution in [0.5, 0.6) is 0 Å². The highest BCUT2D eigenvalue weighted by molar-refractivity contribution is 8.67. The molecule has 0 fully saturated rings. The molecule has 0 aromatic heterocycles. The van der Waals surface area contributed by atoms with Crippen LogP contribution >= 0.6 is 22.6 Å². The molecular formula is C14H10NO3S3-. The van der Waals surface area contributed by atoms with Gasteiger partial charge in [0.15, 0.2) is 0 Å². The molecule has 1 aliphatic heterocycles. The Hall–Kier alpha value is -1.28. The summed E-state index contributed by atoms with van der Waals surface area (Å²) in [6.07, 6.45) is 0. The molecular weight excluding hydrogens is 326 g/mol. The smallest absolute Gasteiger partial charge is 0.242 e. The molecule has 0 bridgehead atoms. The molecule has 1 unspecified atom stereocenters. The third-order valence-electron chi connectivity index (χ3n) is 2.96. The lowest BCUT2D eigenvalue weighted by Gasteiger charge is -2.31. The van der Waals surface area contributed by atoms with Crippen molar-refractivity contribution in [3.8, 4) is 0 Å². The van der Waals surface area contributed by atoms with Crippen molar-refractivity contribution >= 4 is 50.0 Å². The number of rotatable bonds is 3. The van der Waals surface area contributed by atoms with Crippen LogP contribution in [0.1, 0.15) is 0 Å². The second-order valence-corrected chi connectivity index (χ2v) is 7.77. The Morgan fingerprint density at radius 2 is 1.62 bits per heavy atom. The van der Waals surface area contributed by atoms with E-state index in [1.54, 1.807) is 16.7 Å². The Morgan fingerprint density at radius 1 is 1.10 bits per heavy atom. The number of benzene rings is 2. The molecule has 108 valence electrons. The number of carbonyl (C=O) groups excluding carboxylic acids is 1. The standard InChI is InChI=1S/C14H11NO3S3/c16-14(9-19-21(17)18)15-10-5-1-3-7-12(10)20-13-8-4-2-6-11(13)15/h1-8H,9H2,(H,17,18)/p-1. The molecule has 0 spiro atoms. The summed E-state index contributed by atoms with van der Waals surface area (Å²) in [6, 6.07) is 15.2. The second-order valence-electron chi connectivity index (χ2n) is 4.23. The van der Waals surface area contributed by atoms with E-state index in [-0.39, 0.29) is 11.7 Å². The third-order valence-corrected chi connectivity index (χ3v) is 5.58. The Kier molecular flexibility index (Phi) is 4.34. The van der Waals surface area contributed by atoms with Crippen LogP contribution in [0, 0.1) is 0 Å². The molecule has 7 heteroatoms. The van der Waals surface area contributed by atoms with Gasteiger partial charge in [-0.1, -0.05) is 46.8 Å². The maximum Gasteiger partial charge on any atom is 0.242 e. The molecule has 1 amide bonds. The summed E-state index contributed by atoms with van der Waals surface area (Å²) in [5.74, 6) is -0.354. The summed E-state index contributed by atoms with van der Waals surface area (Å²) in [4.78, 5) is 16.0. The summed E-state index contributed by atoms with van der Waals surface area (Å²) < 4.78 is 21.3. The van der Waals surface area contributed by atoms with Crippen LogP contribution in [0.3, 0.4) is 0 Å². The number of anilines is 2. The highest BCUT2D eigenvalue weighted by Crippen LogP contribution is 2.47. The van der Waals surface area contributed by atoms with Crippen LogP contribution in [0.15, 0.2) is 58.3 Å². The number of nitrogens with zero attached hydrogens (tertiary/aromatic N) is 1. The first kappa shape index (κ1) is 14.6. The molecule has 2 aromatic carbocycles. The fraction of sp³-hybridized carbons (Fsp3) is 0.0714. The highest BCUT2D eigenvalue weighted by atomic mass is 33.1. The Labute approximate surface area is 132 Å². The predicted octanol–water partition coefficient (Wildman–Crippen LogP) is 3.34. The van der Waals surface area contributed by atoms with E-state index in [4.69, 9.17) is 0 Å². The summed E-state index contributed by atoms with van der Waals surface area (Å²) in [7, 11) is -1.69. The van der Waals surface area contributed by atoms with Crippen molar-refractivity contribution < 1.29 is 13.6 Å². The molecule has 1 atom stereocenters. The lowest BCUT2D eigenvalue weighted by Crippen LogP contribution is -2.30. The average molecular weight is 336 g/mol. The zero-order valence-electron chi connectivity index (χ0n) is 10.7. The molecule has 2 aromatic rings. The van der Waals surface area contributed by atoms with Gasteiger partial charge in [-0.05, 0) is 24.3 Å². The van der Waals surface area contributed by atoms with Crippen molar-refractivity contribution in [1.82, 2.24) is 0 Å². The van der Waals surface area contributed by atoms with Gasteiger partial charge in [-0.3, -0.25) is 13.9 Å². The summed E-state index contributed by atoms with van der Waals surface area (Å²) in [5.41, 5.74) is 1.59. The van der Waals surface area contributed by atoms with Gasteiger partial charge in [0.2, 0.25) is 5.91 Å². The minimum Gasteiger partial charge on any atom is -0.764 e. The van der Waals surface area contributed by atoms with Crippen LogP contribution < -0.4 is 4.90 Å². The predicted molar refractivity (Wildman–Crippen MR) is 85.5 cm³/mol. The van der Waals surface area contributed by atoms with Gasteiger partial charge in [-0.15, -0.1) is 0 Å². The van der Waals surface area contributed by atoms with Gasteiger partial charge in [0.05, 0.1) is 17.1 Å². The summed E-state index contributed by atoms with van der Waals surface area (Å²) >= 11 is 1.61. The van der Waals surface area contributed by atoms with E-state index in [1.165, 1.54) is 0 Å². The number of carbonyl (C=O) groups is 1. The molecule has 0 radical (unpaired) electrons. The van der Waals surface area contributed by atoms with Gasteiger partial charge in [-0.2, -0.15) is 0 Å². The van der Waals surface area contributed by atoms with E-state index < -0.39 is 10.1 Å². The topological polar surface area (TPSA) is 60.4 Å². The molecule has 1 heterocycles. The van der Waals surface area contributed by atoms with Crippen LogP contribution in [-0.2, 0) is 14.9 Å². The van der Waals surface area contributed by atoms with Crippen LogP contribution in [0.4, 0.5) is 11.4 Å². The third kappa shape index (κ3) is 3.01. The van der Waals surface area contributed by atoms with Gasteiger partial charge in [0.25, 0.3) is 0 Å². The number of amides is 1. The van der Waals surface area contributed by atoms with E-state index >= 15 is 0 Å². The van der Waals surface area contributed by atoms with Gasteiger partial charge < -0.3 is 4.55 Å². The minimum atomic E-state index is -2.29. The second kappa shape index (κ2) is 6.23. The minimum absolute atomic E-state index is 0.108. The van der Waals surface area contributed by atoms with Gasteiger partial charge in [0, 0.05) is 19.9 Å². The number of para-hydroxylation sites is 2. The fourth-order valence-corrected chi connectivity index (χ4v) is 4.11. The van der Waals surface area contributed by atoms with E-state index in [9.17, 15) is 13.6 Å². The molecule has 21 heavy (non-hydrogen) atoms. The van der Waals surface area contributed by atoms with Crippen molar-refractivity contribution in [3.63, 3.8) is 0 Å². The van der Waals surface area contributed by atoms with E-state index in [0.29, 0.717) is 10.8 Å². The van der Waals surface area contributed by atoms with E-state index in [2.05, 4.69) is 0 Å². The summed E-state index contributed by atoms with van der Waals surface area (Å²) in [5, 5.41) is 0. The molecule has 4 nitrogen and oxygen atoms in total. The lowest BCUT2D eigenvalue weighted by molar-refractivity contribution is -0.115. The molecule has 0 saturated carbocycles. The first-order valence-corrected chi connectivity index (χ1v) is 9.47. The van der Waals surface area contributed by atoms with Gasteiger partial charge in [0.1, 0.15) is 0 Å². The molecule has 0 saturated heterocycles. The van der Waals surface area contributed by atoms with Crippen LogP contribution in [0.25, 0.3) is 0 Å². The van der Waals surface area contributed by atoms with Gasteiger partial charge in [-0.25, -0.2) is 0 Å². The maximum atomic E-state index is 12.5. The van der Waals surface area contributed by atoms with Crippen molar-refractivity contribution in [2.24, 2.45) is 0 Å². The Bertz CT molecular complexity index is 675.